The second kappa shape index (κ2) is 9.18. The van der Waals surface area contributed by atoms with Crippen LogP contribution in [-0.4, -0.2) is 28.7 Å². The molecule has 1 heterocycles. The van der Waals surface area contributed by atoms with Crippen molar-refractivity contribution in [3.63, 3.8) is 0 Å². The van der Waals surface area contributed by atoms with Crippen LogP contribution < -0.4 is 16.2 Å². The molecule has 3 amide bonds. The van der Waals surface area contributed by atoms with Crippen LogP contribution in [0.5, 0.6) is 0 Å². The van der Waals surface area contributed by atoms with Crippen molar-refractivity contribution < 1.29 is 14.4 Å². The Bertz CT molecular complexity index is 925. The third kappa shape index (κ3) is 5.07. The Morgan fingerprint density at radius 3 is 2.11 bits per heavy atom. The molecule has 0 saturated carbocycles. The summed E-state index contributed by atoms with van der Waals surface area (Å²) in [7, 11) is 0. The largest absolute Gasteiger partial charge is 0.357 e. The fourth-order valence-corrected chi connectivity index (χ4v) is 2.63. The maximum absolute atomic E-state index is 12.6. The normalized spacial score (nSPS) is 11.3. The van der Waals surface area contributed by atoms with Gasteiger partial charge in [0.2, 0.25) is 0 Å². The second-order valence-electron chi connectivity index (χ2n) is 6.11. The molecule has 0 radical (unpaired) electrons. The van der Waals surface area contributed by atoms with E-state index in [-0.39, 0.29) is 12.3 Å². The number of carbonyl (C=O) groups is 3. The van der Waals surface area contributed by atoms with Gasteiger partial charge in [-0.3, -0.25) is 25.2 Å². The van der Waals surface area contributed by atoms with Crippen LogP contribution in [0.1, 0.15) is 26.4 Å². The van der Waals surface area contributed by atoms with Gasteiger partial charge in [-0.05, 0) is 29.8 Å². The quantitative estimate of drug-likeness (QED) is 0.493. The third-order valence-electron chi connectivity index (χ3n) is 4.08. The van der Waals surface area contributed by atoms with E-state index < -0.39 is 17.9 Å². The van der Waals surface area contributed by atoms with Crippen molar-refractivity contribution in [2.75, 3.05) is 0 Å². The van der Waals surface area contributed by atoms with Crippen LogP contribution >= 0.6 is 0 Å². The second-order valence-corrected chi connectivity index (χ2v) is 6.11. The van der Waals surface area contributed by atoms with Crippen molar-refractivity contribution in [2.24, 2.45) is 0 Å². The van der Waals surface area contributed by atoms with Crippen LogP contribution in [0.3, 0.4) is 0 Å². The van der Waals surface area contributed by atoms with Crippen molar-refractivity contribution in [2.45, 2.75) is 12.5 Å². The number of aromatic amines is 1. The molecule has 28 heavy (non-hydrogen) atoms. The molecule has 1 atom stereocenters. The highest BCUT2D eigenvalue weighted by Gasteiger charge is 2.22. The predicted octanol–water partition coefficient (Wildman–Crippen LogP) is 1.82. The zero-order valence-electron chi connectivity index (χ0n) is 15.0. The molecule has 0 spiro atoms. The van der Waals surface area contributed by atoms with Crippen LogP contribution in [0.2, 0.25) is 0 Å². The summed E-state index contributed by atoms with van der Waals surface area (Å²) in [6.45, 7) is 0. The van der Waals surface area contributed by atoms with Gasteiger partial charge >= 0.3 is 0 Å². The summed E-state index contributed by atoms with van der Waals surface area (Å²) in [6, 6.07) is 20.4. The molecule has 0 fully saturated rings. The summed E-state index contributed by atoms with van der Waals surface area (Å²) in [6.07, 6.45) is 1.89. The van der Waals surface area contributed by atoms with Crippen molar-refractivity contribution in [1.82, 2.24) is 21.2 Å². The molecule has 3 aromatic rings. The number of nitrogens with one attached hydrogen (secondary N) is 4. The van der Waals surface area contributed by atoms with E-state index >= 15 is 0 Å². The van der Waals surface area contributed by atoms with Crippen molar-refractivity contribution >= 4 is 17.7 Å². The topological polar surface area (TPSA) is 103 Å². The number of hydrogen-bond donors (Lipinski definition) is 4. The lowest BCUT2D eigenvalue weighted by molar-refractivity contribution is -0.123. The fraction of sp³-hybridized carbons (Fsp3) is 0.0952. The molecule has 142 valence electrons. The minimum absolute atomic E-state index is 0.281. The summed E-state index contributed by atoms with van der Waals surface area (Å²) in [4.78, 5) is 39.9. The summed E-state index contributed by atoms with van der Waals surface area (Å²) in [5.74, 6) is -1.37. The maximum atomic E-state index is 12.6. The van der Waals surface area contributed by atoms with Gasteiger partial charge in [0.25, 0.3) is 17.7 Å². The highest BCUT2D eigenvalue weighted by Crippen LogP contribution is 2.06. The molecular formula is C21H20N4O3. The maximum Gasteiger partial charge on any atom is 0.286 e. The number of carbonyl (C=O) groups excluding carboxylic acids is 3. The monoisotopic (exact) mass is 376 g/mol. The van der Waals surface area contributed by atoms with E-state index in [0.717, 1.165) is 5.56 Å². The lowest BCUT2D eigenvalue weighted by atomic mass is 10.0. The highest BCUT2D eigenvalue weighted by atomic mass is 16.2. The molecule has 7 heteroatoms. The van der Waals surface area contributed by atoms with Gasteiger partial charge in [-0.2, -0.15) is 0 Å². The van der Waals surface area contributed by atoms with Gasteiger partial charge in [0.1, 0.15) is 11.7 Å². The SMILES string of the molecule is O=C(NC(Cc1ccccc1)C(=O)NNC(=O)c1ccc[nH]1)c1ccccc1. The summed E-state index contributed by atoms with van der Waals surface area (Å²) in [5.41, 5.74) is 6.36. The van der Waals surface area contributed by atoms with E-state index in [0.29, 0.717) is 11.3 Å². The number of hydrazine groups is 1. The number of amides is 3. The van der Waals surface area contributed by atoms with E-state index in [1.165, 1.54) is 0 Å². The highest BCUT2D eigenvalue weighted by molar-refractivity contribution is 5.98. The molecule has 2 aromatic carbocycles. The lowest BCUT2D eigenvalue weighted by Crippen LogP contribution is -2.53. The van der Waals surface area contributed by atoms with E-state index in [2.05, 4.69) is 21.2 Å². The van der Waals surface area contributed by atoms with Crippen LogP contribution in [0, 0.1) is 0 Å². The Kier molecular flexibility index (Phi) is 6.20. The minimum Gasteiger partial charge on any atom is -0.357 e. The number of hydrogen-bond acceptors (Lipinski definition) is 3. The van der Waals surface area contributed by atoms with Crippen molar-refractivity contribution in [3.05, 3.63) is 95.8 Å². The number of aromatic nitrogens is 1. The smallest absolute Gasteiger partial charge is 0.286 e. The zero-order chi connectivity index (χ0) is 19.8. The summed E-state index contributed by atoms with van der Waals surface area (Å²) < 4.78 is 0. The van der Waals surface area contributed by atoms with E-state index in [1.807, 2.05) is 30.3 Å². The zero-order valence-corrected chi connectivity index (χ0v) is 15.0. The standard InChI is InChI=1S/C21H20N4O3/c26-19(16-10-5-2-6-11-16)23-18(14-15-8-3-1-4-9-15)21(28)25-24-20(27)17-12-7-13-22-17/h1-13,18,22H,14H2,(H,23,26)(H,24,27)(H,25,28). The molecule has 0 aliphatic rings. The van der Waals surface area contributed by atoms with Crippen molar-refractivity contribution in [1.29, 1.82) is 0 Å². The van der Waals surface area contributed by atoms with Crippen LogP contribution in [0.15, 0.2) is 79.0 Å². The van der Waals surface area contributed by atoms with Gasteiger partial charge in [-0.1, -0.05) is 48.5 Å². The number of rotatable bonds is 6. The van der Waals surface area contributed by atoms with Gasteiger partial charge < -0.3 is 10.3 Å². The third-order valence-corrected chi connectivity index (χ3v) is 4.08. The number of benzene rings is 2. The van der Waals surface area contributed by atoms with E-state index in [1.54, 1.807) is 48.7 Å². The molecule has 0 bridgehead atoms. The Morgan fingerprint density at radius 2 is 1.46 bits per heavy atom. The van der Waals surface area contributed by atoms with Crippen LogP contribution in [0.4, 0.5) is 0 Å². The first kappa shape index (κ1) is 18.9. The average molecular weight is 376 g/mol. The molecule has 1 unspecified atom stereocenters. The van der Waals surface area contributed by atoms with Crippen LogP contribution in [-0.2, 0) is 11.2 Å². The molecule has 0 aliphatic heterocycles. The minimum atomic E-state index is -0.862. The van der Waals surface area contributed by atoms with E-state index in [9.17, 15) is 14.4 Å². The summed E-state index contributed by atoms with van der Waals surface area (Å²) in [5, 5.41) is 2.73. The Hall–Kier alpha value is -3.87. The first-order chi connectivity index (χ1) is 13.6. The number of H-pyrrole nitrogens is 1. The Morgan fingerprint density at radius 1 is 0.786 bits per heavy atom. The molecule has 0 saturated heterocycles. The predicted molar refractivity (Wildman–Crippen MR) is 104 cm³/mol. The molecule has 1 aromatic heterocycles. The van der Waals surface area contributed by atoms with Gasteiger partial charge in [0, 0.05) is 18.2 Å². The summed E-state index contributed by atoms with van der Waals surface area (Å²) >= 11 is 0. The van der Waals surface area contributed by atoms with Gasteiger partial charge in [-0.15, -0.1) is 0 Å². The van der Waals surface area contributed by atoms with Gasteiger partial charge in [-0.25, -0.2) is 0 Å². The molecule has 7 nitrogen and oxygen atoms in total. The molecular weight excluding hydrogens is 356 g/mol. The molecule has 4 N–H and O–H groups in total. The Labute approximate surface area is 162 Å². The van der Waals surface area contributed by atoms with Crippen molar-refractivity contribution in [3.8, 4) is 0 Å². The van der Waals surface area contributed by atoms with Gasteiger partial charge in [0.05, 0.1) is 0 Å². The first-order valence-electron chi connectivity index (χ1n) is 8.77. The fourth-order valence-electron chi connectivity index (χ4n) is 2.63. The molecule has 3 rings (SSSR count). The lowest BCUT2D eigenvalue weighted by Gasteiger charge is -2.19. The first-order valence-corrected chi connectivity index (χ1v) is 8.77. The average Bonchev–Trinajstić information content (AvgIpc) is 3.27. The van der Waals surface area contributed by atoms with E-state index in [4.69, 9.17) is 0 Å². The van der Waals surface area contributed by atoms with Gasteiger partial charge in [0.15, 0.2) is 0 Å². The Balaban J connectivity index is 1.68. The molecule has 0 aliphatic carbocycles. The van der Waals surface area contributed by atoms with Crippen LogP contribution in [0.25, 0.3) is 0 Å².